The number of nitrogens with one attached hydrogen (secondary N) is 1. The van der Waals surface area contributed by atoms with Gasteiger partial charge in [0.05, 0.1) is 6.61 Å². The second-order valence-corrected chi connectivity index (χ2v) is 3.56. The Morgan fingerprint density at radius 2 is 2.38 bits per heavy atom. The Morgan fingerprint density at radius 1 is 1.50 bits per heavy atom. The summed E-state index contributed by atoms with van der Waals surface area (Å²) >= 11 is 0. The van der Waals surface area contributed by atoms with Crippen LogP contribution < -0.4 is 10.1 Å². The van der Waals surface area contributed by atoms with Crippen molar-refractivity contribution >= 4 is 0 Å². The SMILES string of the molecule is C=CCCCOc1ccc(CNCC)cn1. The maximum Gasteiger partial charge on any atom is 0.213 e. The summed E-state index contributed by atoms with van der Waals surface area (Å²) in [5, 5.41) is 3.25. The monoisotopic (exact) mass is 220 g/mol. The Labute approximate surface area is 97.5 Å². The van der Waals surface area contributed by atoms with Crippen molar-refractivity contribution in [3.05, 3.63) is 36.5 Å². The second kappa shape index (κ2) is 7.88. The molecular weight excluding hydrogens is 200 g/mol. The van der Waals surface area contributed by atoms with E-state index in [-0.39, 0.29) is 0 Å². The van der Waals surface area contributed by atoms with Gasteiger partial charge in [-0.3, -0.25) is 0 Å². The van der Waals surface area contributed by atoms with E-state index in [1.54, 1.807) is 0 Å². The van der Waals surface area contributed by atoms with Crippen LogP contribution >= 0.6 is 0 Å². The molecule has 0 aliphatic heterocycles. The number of hydrogen-bond donors (Lipinski definition) is 1. The van der Waals surface area contributed by atoms with E-state index < -0.39 is 0 Å². The summed E-state index contributed by atoms with van der Waals surface area (Å²) in [4.78, 5) is 4.24. The van der Waals surface area contributed by atoms with Crippen molar-refractivity contribution in [3.8, 4) is 5.88 Å². The number of unbranched alkanes of at least 4 members (excludes halogenated alkanes) is 1. The van der Waals surface area contributed by atoms with Gasteiger partial charge in [-0.15, -0.1) is 6.58 Å². The molecule has 0 saturated carbocycles. The summed E-state index contributed by atoms with van der Waals surface area (Å²) in [7, 11) is 0. The van der Waals surface area contributed by atoms with Crippen molar-refractivity contribution < 1.29 is 4.74 Å². The third kappa shape index (κ3) is 4.94. The van der Waals surface area contributed by atoms with Crippen LogP contribution in [0.2, 0.25) is 0 Å². The quantitative estimate of drug-likeness (QED) is 0.540. The Kier molecular flexibility index (Phi) is 6.26. The summed E-state index contributed by atoms with van der Waals surface area (Å²) in [5.74, 6) is 0.698. The first-order valence-electron chi connectivity index (χ1n) is 5.76. The van der Waals surface area contributed by atoms with E-state index in [1.165, 1.54) is 5.56 Å². The van der Waals surface area contributed by atoms with E-state index in [0.29, 0.717) is 12.5 Å². The lowest BCUT2D eigenvalue weighted by molar-refractivity contribution is 0.300. The zero-order chi connectivity index (χ0) is 11.6. The zero-order valence-corrected chi connectivity index (χ0v) is 9.91. The molecule has 1 heterocycles. The standard InChI is InChI=1S/C13H20N2O/c1-3-5-6-9-16-13-8-7-12(11-15-13)10-14-4-2/h3,7-8,11,14H,1,4-6,9-10H2,2H3. The molecule has 88 valence electrons. The van der Waals surface area contributed by atoms with Crippen molar-refractivity contribution in [1.29, 1.82) is 0 Å². The molecule has 0 atom stereocenters. The highest BCUT2D eigenvalue weighted by atomic mass is 16.5. The number of pyridine rings is 1. The Bertz CT molecular complexity index is 295. The van der Waals surface area contributed by atoms with Crippen molar-refractivity contribution in [2.24, 2.45) is 0 Å². The Morgan fingerprint density at radius 3 is 3.00 bits per heavy atom. The third-order valence-electron chi connectivity index (χ3n) is 2.18. The fourth-order valence-electron chi connectivity index (χ4n) is 1.27. The Hall–Kier alpha value is -1.35. The van der Waals surface area contributed by atoms with E-state index in [1.807, 2.05) is 24.4 Å². The highest BCUT2D eigenvalue weighted by Gasteiger charge is 1.96. The molecule has 0 unspecified atom stereocenters. The first-order valence-corrected chi connectivity index (χ1v) is 5.76. The molecule has 3 nitrogen and oxygen atoms in total. The number of ether oxygens (including phenoxy) is 1. The van der Waals surface area contributed by atoms with Gasteiger partial charge in [-0.05, 0) is 24.9 Å². The predicted molar refractivity (Wildman–Crippen MR) is 66.5 cm³/mol. The summed E-state index contributed by atoms with van der Waals surface area (Å²) in [6, 6.07) is 3.96. The van der Waals surface area contributed by atoms with E-state index in [9.17, 15) is 0 Å². The molecule has 3 heteroatoms. The fourth-order valence-corrected chi connectivity index (χ4v) is 1.27. The van der Waals surface area contributed by atoms with E-state index in [2.05, 4.69) is 23.8 Å². The molecule has 0 fully saturated rings. The Balaban J connectivity index is 2.30. The van der Waals surface area contributed by atoms with Gasteiger partial charge in [0.25, 0.3) is 0 Å². The van der Waals surface area contributed by atoms with Crippen LogP contribution in [-0.2, 0) is 6.54 Å². The summed E-state index contributed by atoms with van der Waals surface area (Å²) in [5.41, 5.74) is 1.18. The number of nitrogens with zero attached hydrogens (tertiary/aromatic N) is 1. The average Bonchev–Trinajstić information content (AvgIpc) is 2.33. The van der Waals surface area contributed by atoms with E-state index >= 15 is 0 Å². The second-order valence-electron chi connectivity index (χ2n) is 3.56. The van der Waals surface area contributed by atoms with Gasteiger partial charge < -0.3 is 10.1 Å². The molecule has 0 radical (unpaired) electrons. The van der Waals surface area contributed by atoms with Crippen LogP contribution in [0.25, 0.3) is 0 Å². The highest BCUT2D eigenvalue weighted by Crippen LogP contribution is 2.08. The van der Waals surface area contributed by atoms with Gasteiger partial charge in [0.2, 0.25) is 5.88 Å². The molecule has 0 aromatic carbocycles. The van der Waals surface area contributed by atoms with Crippen molar-refractivity contribution in [1.82, 2.24) is 10.3 Å². The molecule has 0 aliphatic rings. The van der Waals surface area contributed by atoms with Crippen LogP contribution in [0.5, 0.6) is 5.88 Å². The molecular formula is C13H20N2O. The van der Waals surface area contributed by atoms with Crippen molar-refractivity contribution in [2.45, 2.75) is 26.3 Å². The number of aromatic nitrogens is 1. The lowest BCUT2D eigenvalue weighted by Gasteiger charge is -2.05. The lowest BCUT2D eigenvalue weighted by Crippen LogP contribution is -2.11. The maximum atomic E-state index is 5.49. The minimum Gasteiger partial charge on any atom is -0.478 e. The minimum atomic E-state index is 0.698. The molecule has 0 bridgehead atoms. The molecule has 1 aromatic rings. The van der Waals surface area contributed by atoms with Crippen molar-refractivity contribution in [3.63, 3.8) is 0 Å². The van der Waals surface area contributed by atoms with Gasteiger partial charge in [-0.2, -0.15) is 0 Å². The number of rotatable bonds is 8. The van der Waals surface area contributed by atoms with E-state index in [0.717, 1.165) is 25.9 Å². The third-order valence-corrected chi connectivity index (χ3v) is 2.18. The van der Waals surface area contributed by atoms with Crippen molar-refractivity contribution in [2.75, 3.05) is 13.2 Å². The highest BCUT2D eigenvalue weighted by molar-refractivity contribution is 5.17. The maximum absolute atomic E-state index is 5.49. The molecule has 0 amide bonds. The van der Waals surface area contributed by atoms with Gasteiger partial charge in [0, 0.05) is 18.8 Å². The molecule has 1 aromatic heterocycles. The molecule has 1 N–H and O–H groups in total. The zero-order valence-electron chi connectivity index (χ0n) is 9.91. The smallest absolute Gasteiger partial charge is 0.213 e. The fraction of sp³-hybridized carbons (Fsp3) is 0.462. The minimum absolute atomic E-state index is 0.698. The first-order chi connectivity index (χ1) is 7.86. The number of allylic oxidation sites excluding steroid dienone is 1. The topological polar surface area (TPSA) is 34.1 Å². The molecule has 0 saturated heterocycles. The molecule has 1 rings (SSSR count). The summed E-state index contributed by atoms with van der Waals surface area (Å²) in [6.07, 6.45) is 5.73. The van der Waals surface area contributed by atoms with Crippen LogP contribution in [0.3, 0.4) is 0 Å². The molecule has 0 aliphatic carbocycles. The lowest BCUT2D eigenvalue weighted by atomic mass is 10.3. The summed E-state index contributed by atoms with van der Waals surface area (Å²) in [6.45, 7) is 8.29. The van der Waals surface area contributed by atoms with Gasteiger partial charge in [0.1, 0.15) is 0 Å². The molecule has 16 heavy (non-hydrogen) atoms. The van der Waals surface area contributed by atoms with Gasteiger partial charge in [0.15, 0.2) is 0 Å². The van der Waals surface area contributed by atoms with Crippen LogP contribution in [-0.4, -0.2) is 18.1 Å². The first kappa shape index (κ1) is 12.7. The number of hydrogen-bond acceptors (Lipinski definition) is 3. The van der Waals surface area contributed by atoms with Gasteiger partial charge in [-0.25, -0.2) is 4.98 Å². The van der Waals surface area contributed by atoms with Crippen LogP contribution in [0.1, 0.15) is 25.3 Å². The van der Waals surface area contributed by atoms with Gasteiger partial charge >= 0.3 is 0 Å². The van der Waals surface area contributed by atoms with Gasteiger partial charge in [-0.1, -0.05) is 19.1 Å². The van der Waals surface area contributed by atoms with Crippen LogP contribution in [0, 0.1) is 0 Å². The largest absolute Gasteiger partial charge is 0.478 e. The van der Waals surface area contributed by atoms with Crippen LogP contribution in [0.4, 0.5) is 0 Å². The van der Waals surface area contributed by atoms with E-state index in [4.69, 9.17) is 4.74 Å². The predicted octanol–water partition coefficient (Wildman–Crippen LogP) is 2.54. The normalized spacial score (nSPS) is 10.1. The van der Waals surface area contributed by atoms with Crippen LogP contribution in [0.15, 0.2) is 31.0 Å². The average molecular weight is 220 g/mol. The summed E-state index contributed by atoms with van der Waals surface area (Å²) < 4.78 is 5.49. The molecule has 0 spiro atoms.